The molecular formula is C13H28BrN. The maximum atomic E-state index is 3.56. The van der Waals surface area contributed by atoms with Crippen LogP contribution < -0.4 is 0 Å². The summed E-state index contributed by atoms with van der Waals surface area (Å²) in [6, 6.07) is 0.768. The lowest BCUT2D eigenvalue weighted by molar-refractivity contribution is 0.171. The van der Waals surface area contributed by atoms with Crippen molar-refractivity contribution in [2.45, 2.75) is 59.9 Å². The molecular weight excluding hydrogens is 250 g/mol. The minimum atomic E-state index is 0.455. The van der Waals surface area contributed by atoms with Crippen LogP contribution in [-0.2, 0) is 0 Å². The number of hydrogen-bond donors (Lipinski definition) is 0. The van der Waals surface area contributed by atoms with Gasteiger partial charge in [0.25, 0.3) is 0 Å². The Morgan fingerprint density at radius 2 is 1.60 bits per heavy atom. The fourth-order valence-corrected chi connectivity index (χ4v) is 2.33. The van der Waals surface area contributed by atoms with Crippen molar-refractivity contribution in [1.82, 2.24) is 4.90 Å². The molecule has 15 heavy (non-hydrogen) atoms. The van der Waals surface area contributed by atoms with E-state index in [9.17, 15) is 0 Å². The van der Waals surface area contributed by atoms with Crippen molar-refractivity contribution in [3.8, 4) is 0 Å². The Labute approximate surface area is 105 Å². The molecule has 0 aliphatic rings. The maximum absolute atomic E-state index is 3.56. The summed E-state index contributed by atoms with van der Waals surface area (Å²) in [7, 11) is 0. The van der Waals surface area contributed by atoms with Gasteiger partial charge in [-0.3, -0.25) is 4.90 Å². The van der Waals surface area contributed by atoms with Crippen LogP contribution >= 0.6 is 15.9 Å². The number of rotatable bonds is 7. The first-order chi connectivity index (χ1) is 6.94. The Kier molecular flexibility index (Phi) is 7.90. The molecule has 1 nitrogen and oxygen atoms in total. The van der Waals surface area contributed by atoms with Gasteiger partial charge in [-0.05, 0) is 31.2 Å². The number of halogens is 1. The van der Waals surface area contributed by atoms with Gasteiger partial charge >= 0.3 is 0 Å². The average molecular weight is 278 g/mol. The minimum absolute atomic E-state index is 0.455. The predicted molar refractivity (Wildman–Crippen MR) is 73.8 cm³/mol. The lowest BCUT2D eigenvalue weighted by Crippen LogP contribution is -2.38. The van der Waals surface area contributed by atoms with Gasteiger partial charge in [0.2, 0.25) is 0 Å². The highest BCUT2D eigenvalue weighted by molar-refractivity contribution is 9.09. The molecule has 0 aliphatic heterocycles. The largest absolute Gasteiger partial charge is 0.300 e. The molecule has 0 rings (SSSR count). The topological polar surface area (TPSA) is 3.24 Å². The van der Waals surface area contributed by atoms with Crippen molar-refractivity contribution >= 4 is 15.9 Å². The monoisotopic (exact) mass is 277 g/mol. The third-order valence-corrected chi connectivity index (χ3v) is 3.33. The van der Waals surface area contributed by atoms with Gasteiger partial charge in [0.05, 0.1) is 0 Å². The van der Waals surface area contributed by atoms with Crippen molar-refractivity contribution in [2.75, 3.05) is 18.4 Å². The molecule has 0 radical (unpaired) electrons. The van der Waals surface area contributed by atoms with Crippen LogP contribution in [0.3, 0.4) is 0 Å². The van der Waals surface area contributed by atoms with Crippen molar-refractivity contribution in [3.05, 3.63) is 0 Å². The van der Waals surface area contributed by atoms with Gasteiger partial charge in [-0.1, -0.05) is 50.5 Å². The van der Waals surface area contributed by atoms with E-state index in [0.29, 0.717) is 5.41 Å². The molecule has 0 saturated heterocycles. The predicted octanol–water partition coefficient (Wildman–Crippen LogP) is 4.31. The summed E-state index contributed by atoms with van der Waals surface area (Å²) in [5.74, 6) is 0. The summed E-state index contributed by atoms with van der Waals surface area (Å²) in [5, 5.41) is 1.09. The van der Waals surface area contributed by atoms with Crippen LogP contribution in [-0.4, -0.2) is 29.4 Å². The third kappa shape index (κ3) is 7.35. The van der Waals surface area contributed by atoms with Crippen molar-refractivity contribution in [3.63, 3.8) is 0 Å². The summed E-state index contributed by atoms with van der Waals surface area (Å²) in [6.45, 7) is 14.0. The second-order valence-corrected chi connectivity index (χ2v) is 6.30. The minimum Gasteiger partial charge on any atom is -0.300 e. The van der Waals surface area contributed by atoms with E-state index >= 15 is 0 Å². The van der Waals surface area contributed by atoms with Gasteiger partial charge in [0.15, 0.2) is 0 Å². The number of alkyl halides is 1. The van der Waals surface area contributed by atoms with Crippen LogP contribution in [0.1, 0.15) is 53.9 Å². The van der Waals surface area contributed by atoms with Gasteiger partial charge in [0.1, 0.15) is 0 Å². The van der Waals surface area contributed by atoms with E-state index in [1.54, 1.807) is 0 Å². The van der Waals surface area contributed by atoms with Gasteiger partial charge < -0.3 is 0 Å². The Hall–Kier alpha value is 0.440. The summed E-state index contributed by atoms with van der Waals surface area (Å²) in [6.07, 6.45) is 3.83. The summed E-state index contributed by atoms with van der Waals surface area (Å²) < 4.78 is 0. The third-order valence-electron chi connectivity index (χ3n) is 2.98. The Bertz CT molecular complexity index is 147. The summed E-state index contributed by atoms with van der Waals surface area (Å²) in [4.78, 5) is 2.64. The van der Waals surface area contributed by atoms with Crippen LogP contribution in [0.5, 0.6) is 0 Å². The molecule has 0 aromatic heterocycles. The van der Waals surface area contributed by atoms with Crippen LogP contribution in [0, 0.1) is 5.41 Å². The summed E-state index contributed by atoms with van der Waals surface area (Å²) in [5.41, 5.74) is 0.455. The molecule has 2 heteroatoms. The van der Waals surface area contributed by atoms with E-state index in [-0.39, 0.29) is 0 Å². The number of nitrogens with zero attached hydrogens (tertiary/aromatic N) is 1. The zero-order chi connectivity index (χ0) is 11.9. The molecule has 0 aromatic rings. The summed E-state index contributed by atoms with van der Waals surface area (Å²) >= 11 is 3.56. The Balaban J connectivity index is 4.13. The first kappa shape index (κ1) is 15.4. The molecule has 92 valence electrons. The van der Waals surface area contributed by atoms with E-state index in [4.69, 9.17) is 0 Å². The lowest BCUT2D eigenvalue weighted by Gasteiger charge is -2.32. The van der Waals surface area contributed by atoms with Crippen LogP contribution in [0.4, 0.5) is 0 Å². The number of hydrogen-bond acceptors (Lipinski definition) is 1. The molecule has 0 saturated carbocycles. The van der Waals surface area contributed by atoms with Crippen LogP contribution in [0.2, 0.25) is 0 Å². The molecule has 0 heterocycles. The molecule has 0 unspecified atom stereocenters. The van der Waals surface area contributed by atoms with Crippen molar-refractivity contribution in [2.24, 2.45) is 5.41 Å². The molecule has 0 amide bonds. The fraction of sp³-hybridized carbons (Fsp3) is 1.00. The van der Waals surface area contributed by atoms with Crippen molar-refractivity contribution in [1.29, 1.82) is 0 Å². The zero-order valence-corrected chi connectivity index (χ0v) is 12.7. The van der Waals surface area contributed by atoms with Crippen LogP contribution in [0.25, 0.3) is 0 Å². The van der Waals surface area contributed by atoms with E-state index in [0.717, 1.165) is 11.4 Å². The van der Waals surface area contributed by atoms with Gasteiger partial charge in [-0.25, -0.2) is 0 Å². The average Bonchev–Trinajstić information content (AvgIpc) is 2.14. The second-order valence-electron chi connectivity index (χ2n) is 5.51. The Morgan fingerprint density at radius 3 is 1.93 bits per heavy atom. The molecule has 0 spiro atoms. The highest BCUT2D eigenvalue weighted by Gasteiger charge is 2.17. The first-order valence-electron chi connectivity index (χ1n) is 6.24. The second kappa shape index (κ2) is 7.67. The van der Waals surface area contributed by atoms with E-state index in [1.165, 1.54) is 32.4 Å². The van der Waals surface area contributed by atoms with Crippen molar-refractivity contribution < 1.29 is 0 Å². The maximum Gasteiger partial charge on any atom is 0.0159 e. The fourth-order valence-electron chi connectivity index (χ4n) is 1.87. The van der Waals surface area contributed by atoms with E-state index in [1.807, 2.05) is 0 Å². The quantitative estimate of drug-likeness (QED) is 0.627. The SMILES string of the molecule is CCC(CC)N(CCBr)CCC(C)(C)C. The van der Waals surface area contributed by atoms with E-state index < -0.39 is 0 Å². The highest BCUT2D eigenvalue weighted by atomic mass is 79.9. The molecule has 0 bridgehead atoms. The normalized spacial score (nSPS) is 12.8. The Morgan fingerprint density at radius 1 is 1.07 bits per heavy atom. The highest BCUT2D eigenvalue weighted by Crippen LogP contribution is 2.20. The van der Waals surface area contributed by atoms with Gasteiger partial charge in [-0.2, -0.15) is 0 Å². The smallest absolute Gasteiger partial charge is 0.0159 e. The lowest BCUT2D eigenvalue weighted by atomic mass is 9.91. The first-order valence-corrected chi connectivity index (χ1v) is 7.36. The zero-order valence-electron chi connectivity index (χ0n) is 11.1. The van der Waals surface area contributed by atoms with Gasteiger partial charge in [-0.15, -0.1) is 0 Å². The molecule has 0 fully saturated rings. The molecule has 0 atom stereocenters. The van der Waals surface area contributed by atoms with Gasteiger partial charge in [0, 0.05) is 17.9 Å². The standard InChI is InChI=1S/C13H28BrN/c1-6-12(7-2)15(11-9-14)10-8-13(3,4)5/h12H,6-11H2,1-5H3. The molecule has 0 N–H and O–H groups in total. The van der Waals surface area contributed by atoms with E-state index in [2.05, 4.69) is 55.4 Å². The molecule has 0 aromatic carbocycles. The van der Waals surface area contributed by atoms with Crippen LogP contribution in [0.15, 0.2) is 0 Å². The molecule has 0 aliphatic carbocycles.